The molecule has 9 rings (SSSR count). The van der Waals surface area contributed by atoms with E-state index in [1.165, 1.54) is 0 Å². The zero-order chi connectivity index (χ0) is 39.6. The third-order valence-corrected chi connectivity index (χ3v) is 13.7. The van der Waals surface area contributed by atoms with Crippen molar-refractivity contribution in [2.45, 2.75) is 77.0 Å². The van der Waals surface area contributed by atoms with Crippen LogP contribution in [0.1, 0.15) is 94.1 Å². The van der Waals surface area contributed by atoms with E-state index in [4.69, 9.17) is 18.2 Å². The fourth-order valence-electron chi connectivity index (χ4n) is 10.3. The van der Waals surface area contributed by atoms with Crippen LogP contribution in [0.3, 0.4) is 0 Å². The molecule has 0 radical (unpaired) electrons. The molecule has 0 saturated carbocycles. The Labute approximate surface area is 337 Å². The van der Waals surface area contributed by atoms with Crippen molar-refractivity contribution in [3.05, 3.63) is 98.9 Å². The van der Waals surface area contributed by atoms with Gasteiger partial charge in [-0.2, -0.15) is 0 Å². The number of fused-ring (bicyclic) bond motifs is 2. The van der Waals surface area contributed by atoms with Crippen LogP contribution in [0.4, 0.5) is 17.1 Å². The molecule has 6 heterocycles. The highest BCUT2D eigenvalue weighted by Crippen LogP contribution is 2.46. The summed E-state index contributed by atoms with van der Waals surface area (Å²) in [6.07, 6.45) is 5.36. The molecular weight excluding hydrogens is 742 g/mol. The number of imide groups is 2. The lowest BCUT2D eigenvalue weighted by Crippen LogP contribution is -2.54. The Kier molecular flexibility index (Phi) is 9.56. The fraction of sp³-hybridized carbons (Fsp3) is 0.455. The van der Waals surface area contributed by atoms with Crippen LogP contribution in [0.5, 0.6) is 0 Å². The summed E-state index contributed by atoms with van der Waals surface area (Å²) < 4.78 is 0. The monoisotopic (exact) mass is 787 g/mol. The van der Waals surface area contributed by atoms with Crippen molar-refractivity contribution in [1.82, 2.24) is 20.0 Å². The van der Waals surface area contributed by atoms with Crippen LogP contribution in [-0.2, 0) is 22.7 Å². The standard InChI is InChI=1S/C44H46ClN7O5/c1-27-22-44(26-51(27)33-7-8-37(46-2)36(45)21-33)13-17-50(18-14-44)41(55)29-3-5-32(6-4-29)49-15-11-28(12-16-49)23-48-24-30-19-34-35(20-31(30)25-48)43(57)52(42(34)56)38-9-10-39(53)47-40(38)54/h3-8,19-21,27-28,38H,9-18,22-26H2,1H3,(H,47,53,54). The van der Waals surface area contributed by atoms with Crippen molar-refractivity contribution >= 4 is 58.2 Å². The molecule has 6 aliphatic heterocycles. The summed E-state index contributed by atoms with van der Waals surface area (Å²) in [5.41, 5.74) is 6.34. The molecule has 1 spiro atoms. The lowest BCUT2D eigenvalue weighted by molar-refractivity contribution is -0.136. The van der Waals surface area contributed by atoms with Crippen LogP contribution in [0.25, 0.3) is 4.85 Å². The van der Waals surface area contributed by atoms with Gasteiger partial charge in [0.25, 0.3) is 17.7 Å². The molecule has 3 aromatic carbocycles. The van der Waals surface area contributed by atoms with Gasteiger partial charge in [-0.05, 0) is 116 Å². The van der Waals surface area contributed by atoms with Crippen LogP contribution in [0.15, 0.2) is 54.6 Å². The lowest BCUT2D eigenvalue weighted by Gasteiger charge is -2.39. The van der Waals surface area contributed by atoms with Crippen LogP contribution < -0.4 is 15.1 Å². The van der Waals surface area contributed by atoms with Gasteiger partial charge in [-0.3, -0.25) is 39.1 Å². The first-order chi connectivity index (χ1) is 27.5. The molecule has 1 N–H and O–H groups in total. The molecule has 0 bridgehead atoms. The molecule has 57 heavy (non-hydrogen) atoms. The van der Waals surface area contributed by atoms with Crippen LogP contribution >= 0.6 is 11.6 Å². The Hall–Kier alpha value is -5.25. The van der Waals surface area contributed by atoms with E-state index in [-0.39, 0.29) is 30.1 Å². The van der Waals surface area contributed by atoms with Gasteiger partial charge in [0, 0.05) is 86.8 Å². The zero-order valence-corrected chi connectivity index (χ0v) is 32.9. The molecule has 4 saturated heterocycles. The maximum absolute atomic E-state index is 13.6. The third-order valence-electron chi connectivity index (χ3n) is 13.4. The topological polar surface area (TPSA) is 118 Å². The summed E-state index contributed by atoms with van der Waals surface area (Å²) >= 11 is 6.37. The fourth-order valence-corrected chi connectivity index (χ4v) is 10.5. The Bertz CT molecular complexity index is 2180. The molecule has 12 nitrogen and oxygen atoms in total. The number of benzene rings is 3. The number of carbonyl (C=O) groups excluding carboxylic acids is 5. The molecule has 294 valence electrons. The van der Waals surface area contributed by atoms with Gasteiger partial charge in [-0.25, -0.2) is 4.85 Å². The number of amides is 5. The van der Waals surface area contributed by atoms with E-state index in [0.29, 0.717) is 46.9 Å². The van der Waals surface area contributed by atoms with Crippen LogP contribution in [0.2, 0.25) is 5.02 Å². The van der Waals surface area contributed by atoms with Crippen molar-refractivity contribution in [3.8, 4) is 0 Å². The number of halogens is 1. The number of hydrogen-bond acceptors (Lipinski definition) is 8. The maximum atomic E-state index is 13.6. The quantitative estimate of drug-likeness (QED) is 0.237. The van der Waals surface area contributed by atoms with E-state index in [2.05, 4.69) is 43.9 Å². The minimum atomic E-state index is -0.959. The number of nitrogens with one attached hydrogen (secondary N) is 1. The Morgan fingerprint density at radius 3 is 2.14 bits per heavy atom. The first-order valence-corrected chi connectivity index (χ1v) is 20.5. The molecule has 0 aromatic heterocycles. The minimum Gasteiger partial charge on any atom is -0.372 e. The molecule has 4 fully saturated rings. The Morgan fingerprint density at radius 1 is 0.877 bits per heavy atom. The van der Waals surface area contributed by atoms with Gasteiger partial charge in [-0.15, -0.1) is 0 Å². The number of piperidine rings is 3. The molecule has 13 heteroatoms. The maximum Gasteiger partial charge on any atom is 0.262 e. The minimum absolute atomic E-state index is 0.0942. The molecule has 5 amide bonds. The summed E-state index contributed by atoms with van der Waals surface area (Å²) in [7, 11) is 0. The normalized spacial score (nSPS) is 23.6. The SMILES string of the molecule is [C-]#[N+]c1ccc(N2CC3(CCN(C(=O)c4ccc(N5CCC(CN6Cc7cc8c(cc7C6)C(=O)N(C6CCC(=O)NC6=O)C8=O)CC5)cc4)CC3)CC2C)cc1Cl. The smallest absolute Gasteiger partial charge is 0.262 e. The predicted molar refractivity (Wildman–Crippen MR) is 215 cm³/mol. The van der Waals surface area contributed by atoms with Gasteiger partial charge in [0.2, 0.25) is 17.5 Å². The summed E-state index contributed by atoms with van der Waals surface area (Å²) in [5, 5.41) is 2.74. The largest absolute Gasteiger partial charge is 0.372 e. The summed E-state index contributed by atoms with van der Waals surface area (Å²) in [5.74, 6) is -1.29. The number of likely N-dealkylation sites (tertiary alicyclic amines) is 1. The Balaban J connectivity index is 0.745. The van der Waals surface area contributed by atoms with Gasteiger partial charge in [-0.1, -0.05) is 17.7 Å². The second-order valence-electron chi connectivity index (χ2n) is 17.0. The van der Waals surface area contributed by atoms with Crippen molar-refractivity contribution in [1.29, 1.82) is 0 Å². The molecule has 3 aromatic rings. The highest BCUT2D eigenvalue weighted by Gasteiger charge is 2.46. The van der Waals surface area contributed by atoms with Gasteiger partial charge >= 0.3 is 0 Å². The second-order valence-corrected chi connectivity index (χ2v) is 17.4. The second kappa shape index (κ2) is 14.6. The zero-order valence-electron chi connectivity index (χ0n) is 32.1. The van der Waals surface area contributed by atoms with Crippen molar-refractivity contribution in [2.75, 3.05) is 49.1 Å². The van der Waals surface area contributed by atoms with E-state index in [1.54, 1.807) is 6.07 Å². The summed E-state index contributed by atoms with van der Waals surface area (Å²) in [6.45, 7) is 16.2. The van der Waals surface area contributed by atoms with E-state index < -0.39 is 23.8 Å². The van der Waals surface area contributed by atoms with E-state index in [1.807, 2.05) is 41.3 Å². The predicted octanol–water partition coefficient (Wildman–Crippen LogP) is 6.05. The molecular formula is C44H46ClN7O5. The average molecular weight is 788 g/mol. The average Bonchev–Trinajstić information content (AvgIpc) is 3.84. The molecule has 2 unspecified atom stereocenters. The molecule has 6 aliphatic rings. The van der Waals surface area contributed by atoms with Gasteiger partial charge in [0.1, 0.15) is 6.04 Å². The summed E-state index contributed by atoms with van der Waals surface area (Å²) in [6, 6.07) is 16.9. The van der Waals surface area contributed by atoms with Crippen molar-refractivity contribution in [2.24, 2.45) is 11.3 Å². The van der Waals surface area contributed by atoms with Gasteiger partial charge in [0.05, 0.1) is 17.7 Å². The first-order valence-electron chi connectivity index (χ1n) is 20.2. The third kappa shape index (κ3) is 6.84. The van der Waals surface area contributed by atoms with Gasteiger partial charge < -0.3 is 14.7 Å². The summed E-state index contributed by atoms with van der Waals surface area (Å²) in [4.78, 5) is 78.1. The van der Waals surface area contributed by atoms with Gasteiger partial charge in [0.15, 0.2) is 0 Å². The molecule has 2 atom stereocenters. The number of rotatable bonds is 6. The van der Waals surface area contributed by atoms with Crippen LogP contribution in [-0.4, -0.2) is 95.6 Å². The van der Waals surface area contributed by atoms with E-state index in [0.717, 1.165) is 104 Å². The van der Waals surface area contributed by atoms with Crippen LogP contribution in [0, 0.1) is 17.9 Å². The first kappa shape index (κ1) is 37.3. The Morgan fingerprint density at radius 2 is 1.53 bits per heavy atom. The van der Waals surface area contributed by atoms with E-state index >= 15 is 0 Å². The highest BCUT2D eigenvalue weighted by atomic mass is 35.5. The number of carbonyl (C=O) groups is 5. The number of anilines is 2. The number of nitrogens with zero attached hydrogens (tertiary/aromatic N) is 6. The van der Waals surface area contributed by atoms with E-state index in [9.17, 15) is 24.0 Å². The van der Waals surface area contributed by atoms with Crippen molar-refractivity contribution in [3.63, 3.8) is 0 Å². The highest BCUT2D eigenvalue weighted by molar-refractivity contribution is 6.33. The molecule has 0 aliphatic carbocycles. The number of hydrogen-bond donors (Lipinski definition) is 1. The van der Waals surface area contributed by atoms with Crippen molar-refractivity contribution < 1.29 is 24.0 Å². The lowest BCUT2D eigenvalue weighted by atomic mass is 9.76.